The van der Waals surface area contributed by atoms with Crippen LogP contribution >= 0.6 is 22.6 Å². The average Bonchev–Trinajstić information content (AvgIpc) is 2.45. The minimum Gasteiger partial charge on any atom is -0.334 e. The summed E-state index contributed by atoms with van der Waals surface area (Å²) in [6.07, 6.45) is -4.60. The normalized spacial score (nSPS) is 11.2. The zero-order valence-electron chi connectivity index (χ0n) is 11.5. The van der Waals surface area contributed by atoms with Crippen molar-refractivity contribution in [3.05, 3.63) is 63.0 Å². The Hall–Kier alpha value is -1.84. The van der Waals surface area contributed by atoms with Gasteiger partial charge in [-0.1, -0.05) is 12.1 Å². The number of carbonyl (C=O) groups excluding carboxylic acids is 1. The van der Waals surface area contributed by atoms with Gasteiger partial charge in [0.25, 0.3) is 0 Å². The van der Waals surface area contributed by atoms with Crippen LogP contribution in [0.4, 0.5) is 28.0 Å². The van der Waals surface area contributed by atoms with E-state index in [2.05, 4.69) is 33.2 Å². The summed E-state index contributed by atoms with van der Waals surface area (Å²) in [5, 5.41) is 4.94. The summed E-state index contributed by atoms with van der Waals surface area (Å²) in [5.74, 6) is -1.02. The Balaban J connectivity index is 1.97. The van der Waals surface area contributed by atoms with Crippen LogP contribution < -0.4 is 10.6 Å². The average molecular weight is 438 g/mol. The Kier molecular flexibility index (Phi) is 5.45. The van der Waals surface area contributed by atoms with Gasteiger partial charge in [-0.05, 0) is 52.9 Å². The Morgan fingerprint density at radius 1 is 1.13 bits per heavy atom. The van der Waals surface area contributed by atoms with Gasteiger partial charge in [0, 0.05) is 21.4 Å². The lowest BCUT2D eigenvalue weighted by Gasteiger charge is -2.11. The molecule has 0 unspecified atom stereocenters. The van der Waals surface area contributed by atoms with Gasteiger partial charge < -0.3 is 10.6 Å². The van der Waals surface area contributed by atoms with E-state index < -0.39 is 23.6 Å². The zero-order valence-corrected chi connectivity index (χ0v) is 13.7. The molecule has 0 fully saturated rings. The maximum atomic E-state index is 13.6. The Morgan fingerprint density at radius 2 is 1.87 bits per heavy atom. The third-order valence-electron chi connectivity index (χ3n) is 2.90. The minimum absolute atomic E-state index is 0.0317. The molecule has 122 valence electrons. The van der Waals surface area contributed by atoms with Crippen LogP contribution in [-0.4, -0.2) is 6.03 Å². The number of anilines is 1. The largest absolute Gasteiger partial charge is 0.416 e. The van der Waals surface area contributed by atoms with Crippen molar-refractivity contribution in [1.82, 2.24) is 5.32 Å². The summed E-state index contributed by atoms with van der Waals surface area (Å²) >= 11 is 2.08. The number of halogens is 5. The third kappa shape index (κ3) is 5.08. The highest BCUT2D eigenvalue weighted by atomic mass is 127. The van der Waals surface area contributed by atoms with Gasteiger partial charge in [0.1, 0.15) is 5.82 Å². The van der Waals surface area contributed by atoms with Crippen molar-refractivity contribution in [2.45, 2.75) is 12.7 Å². The van der Waals surface area contributed by atoms with E-state index in [9.17, 15) is 22.4 Å². The zero-order chi connectivity index (χ0) is 17.0. The van der Waals surface area contributed by atoms with Gasteiger partial charge in [0.05, 0.1) is 5.56 Å². The van der Waals surface area contributed by atoms with Gasteiger partial charge in [0.15, 0.2) is 0 Å². The second-order valence-corrected chi connectivity index (χ2v) is 5.87. The predicted octanol–water partition coefficient (Wildman–Crippen LogP) is 4.77. The molecule has 2 N–H and O–H groups in total. The lowest BCUT2D eigenvalue weighted by atomic mass is 10.1. The fourth-order valence-corrected chi connectivity index (χ4v) is 2.33. The smallest absolute Gasteiger partial charge is 0.334 e. The van der Waals surface area contributed by atoms with Gasteiger partial charge >= 0.3 is 12.2 Å². The summed E-state index contributed by atoms with van der Waals surface area (Å²) in [4.78, 5) is 11.7. The molecule has 0 saturated carbocycles. The predicted molar refractivity (Wildman–Crippen MR) is 86.4 cm³/mol. The molecule has 0 bridgehead atoms. The molecular weight excluding hydrogens is 427 g/mol. The highest BCUT2D eigenvalue weighted by Crippen LogP contribution is 2.30. The maximum Gasteiger partial charge on any atom is 0.416 e. The van der Waals surface area contributed by atoms with Crippen molar-refractivity contribution in [1.29, 1.82) is 0 Å². The monoisotopic (exact) mass is 438 g/mol. The Morgan fingerprint density at radius 3 is 2.48 bits per heavy atom. The van der Waals surface area contributed by atoms with Crippen molar-refractivity contribution in [2.24, 2.45) is 0 Å². The summed E-state index contributed by atoms with van der Waals surface area (Å²) in [6, 6.07) is 8.63. The van der Waals surface area contributed by atoms with E-state index in [1.165, 1.54) is 0 Å². The quantitative estimate of drug-likeness (QED) is 0.526. The van der Waals surface area contributed by atoms with E-state index in [1.807, 2.05) is 6.07 Å². The molecule has 0 aliphatic rings. The van der Waals surface area contributed by atoms with Crippen molar-refractivity contribution in [3.8, 4) is 0 Å². The topological polar surface area (TPSA) is 41.1 Å². The summed E-state index contributed by atoms with van der Waals surface area (Å²) < 4.78 is 51.9. The van der Waals surface area contributed by atoms with Gasteiger partial charge in [-0.25, -0.2) is 9.18 Å². The fraction of sp³-hybridized carbons (Fsp3) is 0.133. The maximum absolute atomic E-state index is 13.6. The van der Waals surface area contributed by atoms with Gasteiger partial charge in [-0.3, -0.25) is 0 Å². The number of hydrogen-bond donors (Lipinski definition) is 2. The van der Waals surface area contributed by atoms with Crippen molar-refractivity contribution in [2.75, 3.05) is 5.32 Å². The summed E-state index contributed by atoms with van der Waals surface area (Å²) in [7, 11) is 0. The van der Waals surface area contributed by atoms with Crippen LogP contribution in [0.5, 0.6) is 0 Å². The molecule has 3 nitrogen and oxygen atoms in total. The molecule has 2 rings (SSSR count). The Labute approximate surface area is 143 Å². The van der Waals surface area contributed by atoms with Crippen LogP contribution in [0.2, 0.25) is 0 Å². The van der Waals surface area contributed by atoms with Gasteiger partial charge in [-0.15, -0.1) is 0 Å². The number of amides is 2. The molecule has 0 aliphatic heterocycles. The number of alkyl halides is 3. The van der Waals surface area contributed by atoms with E-state index in [0.29, 0.717) is 11.8 Å². The number of nitrogens with one attached hydrogen (secondary N) is 2. The molecule has 23 heavy (non-hydrogen) atoms. The van der Waals surface area contributed by atoms with Crippen LogP contribution in [0, 0.1) is 9.39 Å². The SMILES string of the molecule is O=C(NCc1ccc(C(F)(F)F)cc1F)Nc1cccc(I)c1. The van der Waals surface area contributed by atoms with E-state index in [4.69, 9.17) is 0 Å². The summed E-state index contributed by atoms with van der Waals surface area (Å²) in [5.41, 5.74) is -0.542. The number of carbonyl (C=O) groups is 1. The molecule has 0 atom stereocenters. The van der Waals surface area contributed by atoms with Crippen molar-refractivity contribution in [3.63, 3.8) is 0 Å². The number of benzene rings is 2. The number of urea groups is 1. The molecule has 8 heteroatoms. The second-order valence-electron chi connectivity index (χ2n) is 4.62. The fourth-order valence-electron chi connectivity index (χ4n) is 1.78. The Bertz CT molecular complexity index is 719. The summed E-state index contributed by atoms with van der Waals surface area (Å²) in [6.45, 7) is -0.222. The van der Waals surface area contributed by atoms with Crippen LogP contribution in [0.3, 0.4) is 0 Å². The van der Waals surface area contributed by atoms with E-state index in [1.54, 1.807) is 18.2 Å². The minimum atomic E-state index is -4.60. The van der Waals surface area contributed by atoms with Crippen LogP contribution in [-0.2, 0) is 12.7 Å². The molecule has 2 aromatic rings. The molecule has 0 aromatic heterocycles. The first-order chi connectivity index (χ1) is 10.8. The molecule has 0 saturated heterocycles. The number of hydrogen-bond acceptors (Lipinski definition) is 1. The molecule has 2 amide bonds. The third-order valence-corrected chi connectivity index (χ3v) is 3.57. The van der Waals surface area contributed by atoms with Crippen LogP contribution in [0.1, 0.15) is 11.1 Å². The van der Waals surface area contributed by atoms with E-state index >= 15 is 0 Å². The van der Waals surface area contributed by atoms with Crippen molar-refractivity contribution < 1.29 is 22.4 Å². The first-order valence-electron chi connectivity index (χ1n) is 6.42. The number of rotatable bonds is 3. The lowest BCUT2D eigenvalue weighted by molar-refractivity contribution is -0.137. The second kappa shape index (κ2) is 7.16. The van der Waals surface area contributed by atoms with E-state index in [0.717, 1.165) is 15.7 Å². The van der Waals surface area contributed by atoms with Gasteiger partial charge in [0.2, 0.25) is 0 Å². The first kappa shape index (κ1) is 17.5. The molecule has 0 heterocycles. The highest BCUT2D eigenvalue weighted by molar-refractivity contribution is 14.1. The van der Waals surface area contributed by atoms with E-state index in [-0.39, 0.29) is 12.1 Å². The molecule has 0 radical (unpaired) electrons. The van der Waals surface area contributed by atoms with Crippen LogP contribution in [0.25, 0.3) is 0 Å². The molecular formula is C15H11F4IN2O. The van der Waals surface area contributed by atoms with Crippen LogP contribution in [0.15, 0.2) is 42.5 Å². The van der Waals surface area contributed by atoms with Crippen molar-refractivity contribution >= 4 is 34.3 Å². The molecule has 0 aliphatic carbocycles. The molecule has 0 spiro atoms. The lowest BCUT2D eigenvalue weighted by Crippen LogP contribution is -2.28. The standard InChI is InChI=1S/C15H11F4IN2O/c16-13-6-10(15(17,18)19)5-4-9(13)8-21-14(23)22-12-3-1-2-11(20)7-12/h1-7H,8H2,(H2,21,22,23). The highest BCUT2D eigenvalue weighted by Gasteiger charge is 2.31. The first-order valence-corrected chi connectivity index (χ1v) is 7.49. The molecule has 2 aromatic carbocycles. The van der Waals surface area contributed by atoms with Gasteiger partial charge in [-0.2, -0.15) is 13.2 Å².